The fourth-order valence-corrected chi connectivity index (χ4v) is 3.49. The molecule has 0 radical (unpaired) electrons. The molecule has 0 fully saturated rings. The van der Waals surface area contributed by atoms with Crippen molar-refractivity contribution < 1.29 is 14.3 Å². The Balaban J connectivity index is 1.62. The highest BCUT2D eigenvalue weighted by atomic mass is 16.6. The first kappa shape index (κ1) is 18.0. The van der Waals surface area contributed by atoms with Gasteiger partial charge in [-0.05, 0) is 39.0 Å². The van der Waals surface area contributed by atoms with Crippen molar-refractivity contribution in [2.75, 3.05) is 13.2 Å². The Hall–Kier alpha value is -3.42. The third-order valence-corrected chi connectivity index (χ3v) is 4.89. The number of fused-ring (bicyclic) bond motifs is 1. The summed E-state index contributed by atoms with van der Waals surface area (Å²) in [5, 5.41) is 8.16. The van der Waals surface area contributed by atoms with Crippen molar-refractivity contribution in [3.63, 3.8) is 0 Å². The molecule has 2 aromatic heterocycles. The van der Waals surface area contributed by atoms with Crippen LogP contribution >= 0.6 is 0 Å². The van der Waals surface area contributed by atoms with E-state index in [0.29, 0.717) is 30.2 Å². The Morgan fingerprint density at radius 3 is 2.57 bits per heavy atom. The van der Waals surface area contributed by atoms with Gasteiger partial charge in [-0.25, -0.2) is 0 Å². The largest absolute Gasteiger partial charge is 0.486 e. The van der Waals surface area contributed by atoms with Gasteiger partial charge in [0.25, 0.3) is 11.5 Å². The molecule has 28 heavy (non-hydrogen) atoms. The van der Waals surface area contributed by atoms with Crippen LogP contribution in [-0.4, -0.2) is 33.9 Å². The first-order valence-electron chi connectivity index (χ1n) is 9.11. The van der Waals surface area contributed by atoms with Gasteiger partial charge >= 0.3 is 0 Å². The van der Waals surface area contributed by atoms with E-state index in [0.717, 1.165) is 22.8 Å². The molecule has 1 amide bonds. The number of amides is 1. The Kier molecular flexibility index (Phi) is 4.46. The maximum Gasteiger partial charge on any atom is 0.264 e. The van der Waals surface area contributed by atoms with E-state index >= 15 is 0 Å². The lowest BCUT2D eigenvalue weighted by Crippen LogP contribution is -2.27. The van der Waals surface area contributed by atoms with Crippen molar-refractivity contribution >= 4 is 5.91 Å². The topological polar surface area (TPSA) is 101 Å². The molecular formula is C20H22N4O4. The number of nitrogens with zero attached hydrogens (tertiary/aromatic N) is 1. The molecule has 8 nitrogen and oxygen atoms in total. The van der Waals surface area contributed by atoms with Gasteiger partial charge in [0.1, 0.15) is 13.2 Å². The summed E-state index contributed by atoms with van der Waals surface area (Å²) in [5.74, 6) is 1.23. The molecule has 0 bridgehead atoms. The molecule has 3 N–H and O–H groups in total. The molecule has 0 spiro atoms. The van der Waals surface area contributed by atoms with Gasteiger partial charge in [0.05, 0.1) is 17.3 Å². The molecule has 1 atom stereocenters. The zero-order chi connectivity index (χ0) is 19.8. The third-order valence-electron chi connectivity index (χ3n) is 4.89. The van der Waals surface area contributed by atoms with E-state index in [1.54, 1.807) is 0 Å². The Morgan fingerprint density at radius 2 is 1.86 bits per heavy atom. The van der Waals surface area contributed by atoms with Crippen LogP contribution in [0.5, 0.6) is 11.5 Å². The molecule has 1 aromatic carbocycles. The maximum atomic E-state index is 12.8. The van der Waals surface area contributed by atoms with Crippen molar-refractivity contribution in [3.8, 4) is 17.2 Å². The van der Waals surface area contributed by atoms with Crippen LogP contribution in [0, 0.1) is 13.8 Å². The average Bonchev–Trinajstić information content (AvgIpc) is 3.24. The summed E-state index contributed by atoms with van der Waals surface area (Å²) in [6, 6.07) is 8.71. The highest BCUT2D eigenvalue weighted by Crippen LogP contribution is 2.33. The number of carbonyl (C=O) groups excluding carboxylic acids is 1. The molecule has 0 saturated carbocycles. The number of ether oxygens (including phenoxy) is 2. The number of hydrogen-bond donors (Lipinski definition) is 3. The fourth-order valence-electron chi connectivity index (χ4n) is 3.49. The number of benzene rings is 1. The van der Waals surface area contributed by atoms with Crippen LogP contribution in [0.3, 0.4) is 0 Å². The van der Waals surface area contributed by atoms with E-state index in [4.69, 9.17) is 9.47 Å². The molecule has 0 aliphatic carbocycles. The van der Waals surface area contributed by atoms with Crippen molar-refractivity contribution in [2.45, 2.75) is 26.8 Å². The molecular weight excluding hydrogens is 360 g/mol. The van der Waals surface area contributed by atoms with Crippen LogP contribution in [0.2, 0.25) is 0 Å². The van der Waals surface area contributed by atoms with Gasteiger partial charge in [-0.15, -0.1) is 0 Å². The standard InChI is InChI=1S/C20H22N4O4/c1-11-8-15(20(26)21-12(2)16-10-19(25)23-22-16)13(3)24(11)14-4-5-17-18(9-14)28-7-6-27-17/h4-5,8-10,12H,6-7H2,1-3H3,(H,21,26)(H2,22,23,25). The molecule has 3 heterocycles. The van der Waals surface area contributed by atoms with E-state index in [9.17, 15) is 9.59 Å². The highest BCUT2D eigenvalue weighted by Gasteiger charge is 2.20. The van der Waals surface area contributed by atoms with E-state index in [1.807, 2.05) is 49.6 Å². The lowest BCUT2D eigenvalue weighted by atomic mass is 10.2. The quantitative estimate of drug-likeness (QED) is 0.645. The summed E-state index contributed by atoms with van der Waals surface area (Å²) >= 11 is 0. The normalized spacial score (nSPS) is 14.0. The summed E-state index contributed by atoms with van der Waals surface area (Å²) in [4.78, 5) is 24.1. The van der Waals surface area contributed by atoms with Gasteiger partial charge in [-0.1, -0.05) is 0 Å². The van der Waals surface area contributed by atoms with E-state index in [1.165, 1.54) is 6.07 Å². The summed E-state index contributed by atoms with van der Waals surface area (Å²) in [6.07, 6.45) is 0. The summed E-state index contributed by atoms with van der Waals surface area (Å²) in [7, 11) is 0. The van der Waals surface area contributed by atoms with Gasteiger partial charge in [0.15, 0.2) is 11.5 Å². The Labute approximate surface area is 161 Å². The Bertz CT molecular complexity index is 1090. The zero-order valence-corrected chi connectivity index (χ0v) is 16.0. The van der Waals surface area contributed by atoms with Crippen molar-refractivity contribution in [1.82, 2.24) is 20.1 Å². The summed E-state index contributed by atoms with van der Waals surface area (Å²) in [6.45, 7) is 6.74. The van der Waals surface area contributed by atoms with E-state index in [-0.39, 0.29) is 17.5 Å². The molecule has 3 aromatic rings. The van der Waals surface area contributed by atoms with Crippen LogP contribution < -0.4 is 20.3 Å². The van der Waals surface area contributed by atoms with Gasteiger partial charge < -0.3 is 24.5 Å². The first-order chi connectivity index (χ1) is 13.4. The predicted octanol–water partition coefficient (Wildman–Crippen LogP) is 2.37. The van der Waals surface area contributed by atoms with Crippen molar-refractivity contribution in [1.29, 1.82) is 0 Å². The number of rotatable bonds is 4. The van der Waals surface area contributed by atoms with Gasteiger partial charge in [0.2, 0.25) is 0 Å². The lowest BCUT2D eigenvalue weighted by molar-refractivity contribution is 0.0938. The number of hydrogen-bond acceptors (Lipinski definition) is 4. The smallest absolute Gasteiger partial charge is 0.264 e. The van der Waals surface area contributed by atoms with E-state index in [2.05, 4.69) is 15.5 Å². The molecule has 1 aliphatic heterocycles. The van der Waals surface area contributed by atoms with Crippen LogP contribution in [0.1, 0.15) is 40.4 Å². The number of H-pyrrole nitrogens is 2. The first-order valence-corrected chi connectivity index (χ1v) is 9.11. The molecule has 146 valence electrons. The Morgan fingerprint density at radius 1 is 1.11 bits per heavy atom. The monoisotopic (exact) mass is 382 g/mol. The number of aromatic amines is 2. The fraction of sp³-hybridized carbons (Fsp3) is 0.300. The second kappa shape index (κ2) is 6.95. The van der Waals surface area contributed by atoms with Gasteiger partial charge in [-0.3, -0.25) is 14.7 Å². The molecule has 0 saturated heterocycles. The van der Waals surface area contributed by atoms with Gasteiger partial charge in [-0.2, -0.15) is 0 Å². The maximum absolute atomic E-state index is 12.8. The molecule has 4 rings (SSSR count). The predicted molar refractivity (Wildman–Crippen MR) is 104 cm³/mol. The van der Waals surface area contributed by atoms with E-state index < -0.39 is 0 Å². The minimum Gasteiger partial charge on any atom is -0.486 e. The number of carbonyl (C=O) groups is 1. The molecule has 8 heteroatoms. The minimum atomic E-state index is -0.330. The van der Waals surface area contributed by atoms with Gasteiger partial charge in [0, 0.05) is 29.2 Å². The second-order valence-electron chi connectivity index (χ2n) is 6.86. The van der Waals surface area contributed by atoms with Crippen LogP contribution in [0.15, 0.2) is 35.1 Å². The third kappa shape index (κ3) is 3.17. The average molecular weight is 382 g/mol. The van der Waals surface area contributed by atoms with Crippen molar-refractivity contribution in [3.05, 3.63) is 63.3 Å². The highest BCUT2D eigenvalue weighted by molar-refractivity contribution is 5.96. The lowest BCUT2D eigenvalue weighted by Gasteiger charge is -2.20. The summed E-state index contributed by atoms with van der Waals surface area (Å²) < 4.78 is 13.3. The number of aromatic nitrogens is 3. The molecule has 1 aliphatic rings. The second-order valence-corrected chi connectivity index (χ2v) is 6.86. The van der Waals surface area contributed by atoms with Crippen LogP contribution in [-0.2, 0) is 0 Å². The van der Waals surface area contributed by atoms with Crippen LogP contribution in [0.25, 0.3) is 5.69 Å². The minimum absolute atomic E-state index is 0.202. The number of aryl methyl sites for hydroxylation is 1. The summed E-state index contributed by atoms with van der Waals surface area (Å²) in [5.41, 5.74) is 3.63. The van der Waals surface area contributed by atoms with Crippen molar-refractivity contribution in [2.24, 2.45) is 0 Å². The SMILES string of the molecule is Cc1cc(C(=O)NC(C)c2cc(=O)[nH][nH]2)c(C)n1-c1ccc2c(c1)OCCO2. The molecule has 1 unspecified atom stereocenters. The zero-order valence-electron chi connectivity index (χ0n) is 16.0. The number of nitrogens with one attached hydrogen (secondary N) is 3. The van der Waals surface area contributed by atoms with Crippen LogP contribution in [0.4, 0.5) is 0 Å².